The molecular weight excluding hydrogens is 234 g/mol. The van der Waals surface area contributed by atoms with E-state index in [0.29, 0.717) is 22.7 Å². The van der Waals surface area contributed by atoms with Crippen LogP contribution in [0.2, 0.25) is 5.02 Å². The molecule has 17 heavy (non-hydrogen) atoms. The van der Waals surface area contributed by atoms with Gasteiger partial charge >= 0.3 is 0 Å². The first-order valence-electron chi connectivity index (χ1n) is 5.28. The average Bonchev–Trinajstić information content (AvgIpc) is 2.29. The van der Waals surface area contributed by atoms with Gasteiger partial charge in [0.25, 0.3) is 0 Å². The maximum Gasteiger partial charge on any atom is 0.167 e. The quantitative estimate of drug-likeness (QED) is 0.666. The fourth-order valence-corrected chi connectivity index (χ4v) is 1.86. The zero-order valence-electron chi connectivity index (χ0n) is 9.19. The molecule has 0 spiro atoms. The van der Waals surface area contributed by atoms with Crippen LogP contribution in [0.15, 0.2) is 48.5 Å². The zero-order chi connectivity index (χ0) is 12.3. The summed E-state index contributed by atoms with van der Waals surface area (Å²) in [5, 5.41) is 0.642. The van der Waals surface area contributed by atoms with E-state index in [-0.39, 0.29) is 5.78 Å². The summed E-state index contributed by atoms with van der Waals surface area (Å²) in [5.41, 5.74) is 7.78. The van der Waals surface area contributed by atoms with Gasteiger partial charge in [0, 0.05) is 22.7 Å². The Balaban J connectivity index is 2.17. The van der Waals surface area contributed by atoms with E-state index in [0.717, 1.165) is 5.56 Å². The van der Waals surface area contributed by atoms with Crippen LogP contribution in [0, 0.1) is 0 Å². The fraction of sp³-hybridized carbons (Fsp3) is 0.0714. The number of hydrogen-bond donors (Lipinski definition) is 1. The summed E-state index contributed by atoms with van der Waals surface area (Å²) in [7, 11) is 0. The third-order valence-electron chi connectivity index (χ3n) is 2.46. The average molecular weight is 246 g/mol. The molecule has 2 aromatic rings. The highest BCUT2D eigenvalue weighted by atomic mass is 35.5. The lowest BCUT2D eigenvalue weighted by atomic mass is 10.0. The van der Waals surface area contributed by atoms with Crippen molar-refractivity contribution in [1.82, 2.24) is 0 Å². The Bertz CT molecular complexity index is 551. The molecular formula is C14H12ClNO. The summed E-state index contributed by atoms with van der Waals surface area (Å²) in [6.45, 7) is 0. The summed E-state index contributed by atoms with van der Waals surface area (Å²) in [4.78, 5) is 12.0. The summed E-state index contributed by atoms with van der Waals surface area (Å²) >= 11 is 5.87. The Hall–Kier alpha value is -1.80. The highest BCUT2D eigenvalue weighted by Crippen LogP contribution is 2.14. The maximum atomic E-state index is 12.0. The standard InChI is InChI=1S/C14H12ClNO/c15-12-5-1-3-10(7-12)8-14(17)11-4-2-6-13(16)9-11/h1-7,9H,8,16H2. The Kier molecular flexibility index (Phi) is 3.45. The van der Waals surface area contributed by atoms with Crippen LogP contribution in [0.1, 0.15) is 15.9 Å². The number of nitrogen functional groups attached to an aromatic ring is 1. The molecule has 2 N–H and O–H groups in total. The van der Waals surface area contributed by atoms with Crippen LogP contribution >= 0.6 is 11.6 Å². The Morgan fingerprint density at radius 3 is 2.59 bits per heavy atom. The zero-order valence-corrected chi connectivity index (χ0v) is 9.95. The Morgan fingerprint density at radius 2 is 1.88 bits per heavy atom. The lowest BCUT2D eigenvalue weighted by Gasteiger charge is -2.03. The van der Waals surface area contributed by atoms with Crippen molar-refractivity contribution in [2.45, 2.75) is 6.42 Å². The fourth-order valence-electron chi connectivity index (χ4n) is 1.65. The molecule has 0 saturated carbocycles. The SMILES string of the molecule is Nc1cccc(C(=O)Cc2cccc(Cl)c2)c1. The van der Waals surface area contributed by atoms with E-state index >= 15 is 0 Å². The number of halogens is 1. The van der Waals surface area contributed by atoms with E-state index in [4.69, 9.17) is 17.3 Å². The van der Waals surface area contributed by atoms with Crippen LogP contribution in [0.3, 0.4) is 0 Å². The largest absolute Gasteiger partial charge is 0.399 e. The molecule has 0 aromatic heterocycles. The predicted octanol–water partition coefficient (Wildman–Crippen LogP) is 3.35. The molecule has 2 nitrogen and oxygen atoms in total. The van der Waals surface area contributed by atoms with Gasteiger partial charge in [-0.3, -0.25) is 4.79 Å². The van der Waals surface area contributed by atoms with E-state index in [9.17, 15) is 4.79 Å². The molecule has 86 valence electrons. The minimum atomic E-state index is 0.0413. The molecule has 0 heterocycles. The van der Waals surface area contributed by atoms with Gasteiger partial charge in [-0.05, 0) is 29.8 Å². The van der Waals surface area contributed by atoms with E-state index in [2.05, 4.69) is 0 Å². The molecule has 3 heteroatoms. The van der Waals surface area contributed by atoms with Crippen molar-refractivity contribution in [1.29, 1.82) is 0 Å². The topological polar surface area (TPSA) is 43.1 Å². The van der Waals surface area contributed by atoms with Gasteiger partial charge < -0.3 is 5.73 Å². The molecule has 0 saturated heterocycles. The normalized spacial score (nSPS) is 10.2. The molecule has 0 aliphatic heterocycles. The molecule has 0 radical (unpaired) electrons. The van der Waals surface area contributed by atoms with E-state index < -0.39 is 0 Å². The number of benzene rings is 2. The van der Waals surface area contributed by atoms with Crippen LogP contribution in [-0.4, -0.2) is 5.78 Å². The monoisotopic (exact) mass is 245 g/mol. The Labute approximate surface area is 105 Å². The third kappa shape index (κ3) is 3.08. The molecule has 0 aliphatic rings. The lowest BCUT2D eigenvalue weighted by molar-refractivity contribution is 0.0993. The van der Waals surface area contributed by atoms with Crippen molar-refractivity contribution in [3.05, 3.63) is 64.7 Å². The first-order valence-corrected chi connectivity index (χ1v) is 5.66. The summed E-state index contributed by atoms with van der Waals surface area (Å²) in [6, 6.07) is 14.3. The Morgan fingerprint density at radius 1 is 1.12 bits per heavy atom. The second kappa shape index (κ2) is 5.02. The number of carbonyl (C=O) groups excluding carboxylic acids is 1. The molecule has 2 aromatic carbocycles. The minimum absolute atomic E-state index is 0.0413. The van der Waals surface area contributed by atoms with Crippen LogP contribution in [0.25, 0.3) is 0 Å². The second-order valence-electron chi connectivity index (χ2n) is 3.86. The number of Topliss-reactive ketones (excluding diaryl/α,β-unsaturated/α-hetero) is 1. The van der Waals surface area contributed by atoms with Crippen molar-refractivity contribution in [3.8, 4) is 0 Å². The molecule has 0 bridgehead atoms. The second-order valence-corrected chi connectivity index (χ2v) is 4.29. The minimum Gasteiger partial charge on any atom is -0.399 e. The number of carbonyl (C=O) groups is 1. The van der Waals surface area contributed by atoms with E-state index in [1.165, 1.54) is 0 Å². The highest BCUT2D eigenvalue weighted by Gasteiger charge is 2.07. The molecule has 0 amide bonds. The molecule has 0 unspecified atom stereocenters. The van der Waals surface area contributed by atoms with Crippen molar-refractivity contribution >= 4 is 23.1 Å². The van der Waals surface area contributed by atoms with Gasteiger partial charge in [0.15, 0.2) is 5.78 Å². The van der Waals surface area contributed by atoms with Gasteiger partial charge in [-0.1, -0.05) is 35.9 Å². The maximum absolute atomic E-state index is 12.0. The van der Waals surface area contributed by atoms with Crippen LogP contribution in [-0.2, 0) is 6.42 Å². The summed E-state index contributed by atoms with van der Waals surface area (Å²) in [5.74, 6) is 0.0413. The first-order chi connectivity index (χ1) is 8.15. The van der Waals surface area contributed by atoms with Gasteiger partial charge in [0.1, 0.15) is 0 Å². The first kappa shape index (κ1) is 11.7. The molecule has 0 fully saturated rings. The van der Waals surface area contributed by atoms with Gasteiger partial charge in [-0.25, -0.2) is 0 Å². The van der Waals surface area contributed by atoms with Gasteiger partial charge in [-0.15, -0.1) is 0 Å². The number of nitrogens with two attached hydrogens (primary N) is 1. The van der Waals surface area contributed by atoms with Crippen LogP contribution in [0.4, 0.5) is 5.69 Å². The lowest BCUT2D eigenvalue weighted by Crippen LogP contribution is -2.04. The van der Waals surface area contributed by atoms with Crippen LogP contribution in [0.5, 0.6) is 0 Å². The number of rotatable bonds is 3. The predicted molar refractivity (Wildman–Crippen MR) is 70.3 cm³/mol. The highest BCUT2D eigenvalue weighted by molar-refractivity contribution is 6.30. The summed E-state index contributed by atoms with van der Waals surface area (Å²) < 4.78 is 0. The summed E-state index contributed by atoms with van der Waals surface area (Å²) in [6.07, 6.45) is 0.337. The smallest absolute Gasteiger partial charge is 0.167 e. The number of ketones is 1. The van der Waals surface area contributed by atoms with Crippen molar-refractivity contribution in [2.75, 3.05) is 5.73 Å². The number of hydrogen-bond acceptors (Lipinski definition) is 2. The van der Waals surface area contributed by atoms with Crippen molar-refractivity contribution in [2.24, 2.45) is 0 Å². The molecule has 0 aliphatic carbocycles. The van der Waals surface area contributed by atoms with Crippen LogP contribution < -0.4 is 5.73 Å². The van der Waals surface area contributed by atoms with E-state index in [1.807, 2.05) is 12.1 Å². The van der Waals surface area contributed by atoms with Gasteiger partial charge in [0.05, 0.1) is 0 Å². The van der Waals surface area contributed by atoms with Gasteiger partial charge in [-0.2, -0.15) is 0 Å². The third-order valence-corrected chi connectivity index (χ3v) is 2.70. The molecule has 0 atom stereocenters. The molecule has 2 rings (SSSR count). The van der Waals surface area contributed by atoms with Crippen molar-refractivity contribution in [3.63, 3.8) is 0 Å². The number of anilines is 1. The van der Waals surface area contributed by atoms with Crippen molar-refractivity contribution < 1.29 is 4.79 Å². The van der Waals surface area contributed by atoms with E-state index in [1.54, 1.807) is 36.4 Å². The van der Waals surface area contributed by atoms with Gasteiger partial charge in [0.2, 0.25) is 0 Å².